The summed E-state index contributed by atoms with van der Waals surface area (Å²) in [5.41, 5.74) is 4.34. The van der Waals surface area contributed by atoms with Gasteiger partial charge in [0.25, 0.3) is 11.8 Å². The smallest absolute Gasteiger partial charge is 0.343 e. The lowest BCUT2D eigenvalue weighted by atomic mass is 10.1. The average Bonchev–Trinajstić information content (AvgIpc) is 3.46. The molecular weight excluding hydrogens is 514 g/mol. The Bertz CT molecular complexity index is 1620. The molecule has 0 saturated carbocycles. The number of benzene rings is 4. The number of anilines is 1. The van der Waals surface area contributed by atoms with Gasteiger partial charge in [0.2, 0.25) is 6.79 Å². The molecule has 0 saturated heterocycles. The van der Waals surface area contributed by atoms with Crippen LogP contribution in [0.2, 0.25) is 0 Å². The molecule has 4 aromatic carbocycles. The topological polar surface area (TPSA) is 125 Å². The van der Waals surface area contributed by atoms with Crippen molar-refractivity contribution in [2.75, 3.05) is 19.2 Å². The molecule has 0 aromatic heterocycles. The molecule has 1 heterocycles. The van der Waals surface area contributed by atoms with Crippen LogP contribution in [-0.4, -0.2) is 37.9 Å². The summed E-state index contributed by atoms with van der Waals surface area (Å²) in [4.78, 5) is 38.0. The SMILES string of the molecule is COc1cccc(C(=O)Nc2cccc(C(=O)NN=Cc3ccccc3OC(=O)c3ccc4c(c3)OCO4)c2)c1. The second-order valence-corrected chi connectivity index (χ2v) is 8.46. The van der Waals surface area contributed by atoms with Crippen molar-refractivity contribution in [1.82, 2.24) is 5.43 Å². The lowest BCUT2D eigenvalue weighted by Gasteiger charge is -2.09. The van der Waals surface area contributed by atoms with Gasteiger partial charge in [-0.25, -0.2) is 10.2 Å². The molecule has 5 rings (SSSR count). The summed E-state index contributed by atoms with van der Waals surface area (Å²) < 4.78 is 21.3. The number of nitrogens with one attached hydrogen (secondary N) is 2. The Morgan fingerprint density at radius 2 is 1.57 bits per heavy atom. The second kappa shape index (κ2) is 11.8. The highest BCUT2D eigenvalue weighted by Gasteiger charge is 2.18. The first-order chi connectivity index (χ1) is 19.5. The number of esters is 1. The van der Waals surface area contributed by atoms with Crippen molar-refractivity contribution in [3.8, 4) is 23.0 Å². The van der Waals surface area contributed by atoms with E-state index in [9.17, 15) is 14.4 Å². The van der Waals surface area contributed by atoms with E-state index in [0.29, 0.717) is 39.6 Å². The van der Waals surface area contributed by atoms with Gasteiger partial charge in [0.05, 0.1) is 18.9 Å². The van der Waals surface area contributed by atoms with Gasteiger partial charge < -0.3 is 24.3 Å². The van der Waals surface area contributed by atoms with E-state index in [-0.39, 0.29) is 24.0 Å². The number of hydrogen-bond acceptors (Lipinski definition) is 8. The summed E-state index contributed by atoms with van der Waals surface area (Å²) in [6.45, 7) is 0.0983. The van der Waals surface area contributed by atoms with Crippen LogP contribution in [0.25, 0.3) is 0 Å². The third kappa shape index (κ3) is 6.08. The number of methoxy groups -OCH3 is 1. The number of carbonyl (C=O) groups is 3. The molecule has 1 aliphatic heterocycles. The molecule has 0 bridgehead atoms. The summed E-state index contributed by atoms with van der Waals surface area (Å²) in [6, 6.07) is 24.7. The first-order valence-electron chi connectivity index (χ1n) is 12.1. The zero-order chi connectivity index (χ0) is 27.9. The summed E-state index contributed by atoms with van der Waals surface area (Å²) in [6.07, 6.45) is 1.37. The Balaban J connectivity index is 1.22. The third-order valence-corrected chi connectivity index (χ3v) is 5.81. The van der Waals surface area contributed by atoms with Gasteiger partial charge in [-0.1, -0.05) is 24.3 Å². The Kier molecular flexibility index (Phi) is 7.68. The van der Waals surface area contributed by atoms with Crippen molar-refractivity contribution in [3.05, 3.63) is 113 Å². The van der Waals surface area contributed by atoms with E-state index < -0.39 is 11.9 Å². The van der Waals surface area contributed by atoms with Crippen molar-refractivity contribution in [2.24, 2.45) is 5.10 Å². The van der Waals surface area contributed by atoms with Crippen molar-refractivity contribution < 1.29 is 33.3 Å². The first-order valence-corrected chi connectivity index (χ1v) is 12.1. The first kappa shape index (κ1) is 26.0. The maximum Gasteiger partial charge on any atom is 0.343 e. The van der Waals surface area contributed by atoms with E-state index in [1.807, 2.05) is 0 Å². The number of rotatable bonds is 8. The van der Waals surface area contributed by atoms with Crippen LogP contribution in [0.5, 0.6) is 23.0 Å². The number of amides is 2. The number of fused-ring (bicyclic) bond motifs is 1. The van der Waals surface area contributed by atoms with E-state index in [1.54, 1.807) is 84.9 Å². The minimum absolute atomic E-state index is 0.0983. The standard InChI is InChI=1S/C30H23N3O7/c1-37-24-10-5-8-20(15-24)28(34)32-23-9-4-7-19(14-23)29(35)33-31-17-22-6-2-3-11-25(22)40-30(36)21-12-13-26-27(16-21)39-18-38-26/h2-17H,18H2,1H3,(H,32,34)(H,33,35). The Morgan fingerprint density at radius 1 is 0.800 bits per heavy atom. The highest BCUT2D eigenvalue weighted by atomic mass is 16.7. The molecule has 0 spiro atoms. The van der Waals surface area contributed by atoms with Crippen LogP contribution in [0, 0.1) is 0 Å². The summed E-state index contributed by atoms with van der Waals surface area (Å²) in [7, 11) is 1.52. The highest BCUT2D eigenvalue weighted by molar-refractivity contribution is 6.05. The predicted molar refractivity (Wildman–Crippen MR) is 146 cm³/mol. The van der Waals surface area contributed by atoms with Crippen molar-refractivity contribution in [3.63, 3.8) is 0 Å². The normalized spacial score (nSPS) is 11.6. The molecule has 4 aromatic rings. The van der Waals surface area contributed by atoms with Crippen molar-refractivity contribution >= 4 is 29.7 Å². The van der Waals surface area contributed by atoms with Crippen LogP contribution in [0.1, 0.15) is 36.6 Å². The van der Waals surface area contributed by atoms with Gasteiger partial charge in [0, 0.05) is 22.4 Å². The largest absolute Gasteiger partial charge is 0.497 e. The molecule has 1 aliphatic rings. The molecular formula is C30H23N3O7. The molecule has 40 heavy (non-hydrogen) atoms. The molecule has 0 unspecified atom stereocenters. The quantitative estimate of drug-likeness (QED) is 0.145. The number of hydrogen-bond donors (Lipinski definition) is 2. The number of para-hydroxylation sites is 1. The van der Waals surface area contributed by atoms with Gasteiger partial charge in [0.1, 0.15) is 11.5 Å². The van der Waals surface area contributed by atoms with Crippen molar-refractivity contribution in [1.29, 1.82) is 0 Å². The zero-order valence-electron chi connectivity index (χ0n) is 21.2. The lowest BCUT2D eigenvalue weighted by molar-refractivity contribution is 0.0733. The molecule has 2 amide bonds. The molecule has 0 aliphatic carbocycles. The minimum Gasteiger partial charge on any atom is -0.497 e. The maximum absolute atomic E-state index is 12.7. The fourth-order valence-electron chi connectivity index (χ4n) is 3.79. The van der Waals surface area contributed by atoms with Gasteiger partial charge in [-0.3, -0.25) is 9.59 Å². The predicted octanol–water partition coefficient (Wildman–Crippen LogP) is 4.66. The van der Waals surface area contributed by atoms with Gasteiger partial charge in [-0.2, -0.15) is 5.10 Å². The van der Waals surface area contributed by atoms with E-state index in [4.69, 9.17) is 18.9 Å². The molecule has 0 fully saturated rings. The van der Waals surface area contributed by atoms with E-state index in [1.165, 1.54) is 19.4 Å². The number of nitrogens with zero attached hydrogens (tertiary/aromatic N) is 1. The second-order valence-electron chi connectivity index (χ2n) is 8.46. The Hall–Kier alpha value is -5.64. The zero-order valence-corrected chi connectivity index (χ0v) is 21.2. The van der Waals surface area contributed by atoms with Crippen LogP contribution >= 0.6 is 0 Å². The fourth-order valence-corrected chi connectivity index (χ4v) is 3.79. The van der Waals surface area contributed by atoms with Crippen LogP contribution in [0.4, 0.5) is 5.69 Å². The van der Waals surface area contributed by atoms with Gasteiger partial charge in [-0.15, -0.1) is 0 Å². The van der Waals surface area contributed by atoms with Gasteiger partial charge >= 0.3 is 5.97 Å². The van der Waals surface area contributed by atoms with Crippen molar-refractivity contribution in [2.45, 2.75) is 0 Å². The maximum atomic E-state index is 12.7. The minimum atomic E-state index is -0.587. The Morgan fingerprint density at radius 3 is 2.42 bits per heavy atom. The fraction of sp³-hybridized carbons (Fsp3) is 0.0667. The monoisotopic (exact) mass is 537 g/mol. The van der Waals surface area contributed by atoms with Crippen LogP contribution in [0.3, 0.4) is 0 Å². The molecule has 0 atom stereocenters. The van der Waals surface area contributed by atoms with Gasteiger partial charge in [0.15, 0.2) is 11.5 Å². The lowest BCUT2D eigenvalue weighted by Crippen LogP contribution is -2.18. The number of hydrazone groups is 1. The molecule has 10 nitrogen and oxygen atoms in total. The van der Waals surface area contributed by atoms with E-state index in [2.05, 4.69) is 15.8 Å². The summed E-state index contributed by atoms with van der Waals surface area (Å²) >= 11 is 0. The molecule has 10 heteroatoms. The summed E-state index contributed by atoms with van der Waals surface area (Å²) in [5, 5.41) is 6.77. The van der Waals surface area contributed by atoms with Crippen LogP contribution < -0.4 is 29.7 Å². The van der Waals surface area contributed by atoms with E-state index >= 15 is 0 Å². The van der Waals surface area contributed by atoms with Crippen LogP contribution in [0.15, 0.2) is 96.1 Å². The molecule has 200 valence electrons. The van der Waals surface area contributed by atoms with Crippen LogP contribution in [-0.2, 0) is 0 Å². The summed E-state index contributed by atoms with van der Waals surface area (Å²) in [5.74, 6) is 0.412. The van der Waals surface area contributed by atoms with E-state index in [0.717, 1.165) is 0 Å². The van der Waals surface area contributed by atoms with Gasteiger partial charge in [-0.05, 0) is 66.7 Å². The molecule has 2 N–H and O–H groups in total. The average molecular weight is 538 g/mol. The number of ether oxygens (including phenoxy) is 4. The molecule has 0 radical (unpaired) electrons. The highest BCUT2D eigenvalue weighted by Crippen LogP contribution is 2.33. The number of carbonyl (C=O) groups excluding carboxylic acids is 3. The third-order valence-electron chi connectivity index (χ3n) is 5.81. The Labute approximate surface area is 229 Å².